The van der Waals surface area contributed by atoms with E-state index in [0.29, 0.717) is 23.3 Å². The standard InChI is InChI=1S/C27H28ClF3N2O3S2/c1-19-7-10-23(11-8-19)38(35,36)33(22-9-12-25(28)24(16-22)27(29,30)31)17-26(34)32-13-4-14-37-18-21-6-3-5-20(2)15-21/h3,5-12,15-16H,4,13-14,17-18H2,1-2H3,(H,32,34). The summed E-state index contributed by atoms with van der Waals surface area (Å²) in [5.74, 6) is 0.968. The maximum absolute atomic E-state index is 13.5. The Balaban J connectivity index is 1.71. The fourth-order valence-electron chi connectivity index (χ4n) is 3.62. The third kappa shape index (κ3) is 8.15. The SMILES string of the molecule is Cc1ccc(S(=O)(=O)N(CC(=O)NCCCSCc2cccc(C)c2)c2ccc(Cl)c(C(F)(F)F)c2)cc1. The van der Waals surface area contributed by atoms with E-state index in [1.54, 1.807) is 30.8 Å². The smallest absolute Gasteiger partial charge is 0.354 e. The number of benzene rings is 3. The number of amides is 1. The first kappa shape index (κ1) is 29.9. The highest BCUT2D eigenvalue weighted by atomic mass is 35.5. The fourth-order valence-corrected chi connectivity index (χ4v) is 6.16. The Kier molecular flexibility index (Phi) is 10.1. The molecule has 0 spiro atoms. The molecule has 1 amide bonds. The van der Waals surface area contributed by atoms with Crippen LogP contribution in [-0.2, 0) is 26.7 Å². The first-order valence-corrected chi connectivity index (χ1v) is 14.7. The maximum atomic E-state index is 13.5. The minimum Gasteiger partial charge on any atom is -0.354 e. The van der Waals surface area contributed by atoms with Crippen LogP contribution in [0.15, 0.2) is 71.6 Å². The zero-order valence-electron chi connectivity index (χ0n) is 20.9. The second kappa shape index (κ2) is 12.9. The number of sulfonamides is 1. The molecule has 0 saturated heterocycles. The van der Waals surface area contributed by atoms with Crippen LogP contribution in [-0.4, -0.2) is 33.2 Å². The highest BCUT2D eigenvalue weighted by Gasteiger charge is 2.35. The van der Waals surface area contributed by atoms with Gasteiger partial charge in [-0.1, -0.05) is 59.1 Å². The van der Waals surface area contributed by atoms with E-state index >= 15 is 0 Å². The monoisotopic (exact) mass is 584 g/mol. The van der Waals surface area contributed by atoms with Crippen molar-refractivity contribution in [1.82, 2.24) is 5.32 Å². The van der Waals surface area contributed by atoms with Gasteiger partial charge in [-0.3, -0.25) is 9.10 Å². The van der Waals surface area contributed by atoms with Crippen molar-refractivity contribution in [1.29, 1.82) is 0 Å². The number of nitrogens with one attached hydrogen (secondary N) is 1. The van der Waals surface area contributed by atoms with E-state index in [1.165, 1.54) is 23.3 Å². The number of anilines is 1. The molecule has 0 bridgehead atoms. The number of aryl methyl sites for hydroxylation is 2. The van der Waals surface area contributed by atoms with Crippen molar-refractivity contribution in [2.24, 2.45) is 0 Å². The Bertz CT molecular complexity index is 1360. The van der Waals surface area contributed by atoms with Crippen molar-refractivity contribution >= 4 is 45.0 Å². The summed E-state index contributed by atoms with van der Waals surface area (Å²) in [5, 5.41) is 2.10. The molecule has 0 heterocycles. The molecule has 0 aliphatic heterocycles. The minimum atomic E-state index is -4.80. The summed E-state index contributed by atoms with van der Waals surface area (Å²) in [6, 6.07) is 16.8. The van der Waals surface area contributed by atoms with Crippen molar-refractivity contribution in [3.05, 3.63) is 94.0 Å². The summed E-state index contributed by atoms with van der Waals surface area (Å²) < 4.78 is 68.0. The van der Waals surface area contributed by atoms with Crippen LogP contribution in [0.4, 0.5) is 18.9 Å². The summed E-state index contributed by atoms with van der Waals surface area (Å²) in [6.07, 6.45) is -4.16. The molecule has 0 aliphatic carbocycles. The number of thioether (sulfide) groups is 1. The Morgan fingerprint density at radius 3 is 2.37 bits per heavy atom. The lowest BCUT2D eigenvalue weighted by molar-refractivity contribution is -0.137. The van der Waals surface area contributed by atoms with E-state index in [4.69, 9.17) is 11.6 Å². The molecule has 5 nitrogen and oxygen atoms in total. The Hall–Kier alpha value is -2.69. The molecule has 11 heteroatoms. The molecule has 3 rings (SSSR count). The number of nitrogens with zero attached hydrogens (tertiary/aromatic N) is 1. The Morgan fingerprint density at radius 2 is 1.71 bits per heavy atom. The molecule has 0 fully saturated rings. The van der Waals surface area contributed by atoms with E-state index in [9.17, 15) is 26.4 Å². The first-order valence-electron chi connectivity index (χ1n) is 11.7. The van der Waals surface area contributed by atoms with Gasteiger partial charge in [-0.15, -0.1) is 0 Å². The topological polar surface area (TPSA) is 66.5 Å². The molecule has 204 valence electrons. The van der Waals surface area contributed by atoms with E-state index in [-0.39, 0.29) is 10.6 Å². The summed E-state index contributed by atoms with van der Waals surface area (Å²) in [5.41, 5.74) is 1.69. The molecule has 0 radical (unpaired) electrons. The summed E-state index contributed by atoms with van der Waals surface area (Å²) in [4.78, 5) is 12.6. The van der Waals surface area contributed by atoms with Crippen LogP contribution in [0.25, 0.3) is 0 Å². The van der Waals surface area contributed by atoms with Crippen LogP contribution in [0.5, 0.6) is 0 Å². The first-order chi connectivity index (χ1) is 17.9. The van der Waals surface area contributed by atoms with Crippen molar-refractivity contribution in [2.45, 2.75) is 37.1 Å². The lowest BCUT2D eigenvalue weighted by atomic mass is 10.2. The number of alkyl halides is 3. The molecular formula is C27H28ClF3N2O3S2. The third-order valence-corrected chi connectivity index (χ3v) is 8.81. The van der Waals surface area contributed by atoms with Gasteiger partial charge < -0.3 is 5.32 Å². The van der Waals surface area contributed by atoms with Gasteiger partial charge in [-0.25, -0.2) is 8.42 Å². The van der Waals surface area contributed by atoms with Crippen LogP contribution in [0.3, 0.4) is 0 Å². The lowest BCUT2D eigenvalue weighted by Gasteiger charge is -2.25. The number of halogens is 4. The summed E-state index contributed by atoms with van der Waals surface area (Å²) >= 11 is 7.44. The second-order valence-electron chi connectivity index (χ2n) is 8.73. The van der Waals surface area contributed by atoms with Gasteiger partial charge >= 0.3 is 6.18 Å². The van der Waals surface area contributed by atoms with Crippen molar-refractivity contribution in [3.8, 4) is 0 Å². The minimum absolute atomic E-state index is 0.146. The zero-order chi connectivity index (χ0) is 27.9. The van der Waals surface area contributed by atoms with E-state index in [2.05, 4.69) is 11.4 Å². The van der Waals surface area contributed by atoms with Gasteiger partial charge in [0, 0.05) is 12.3 Å². The molecule has 3 aromatic rings. The van der Waals surface area contributed by atoms with Gasteiger partial charge in [0.1, 0.15) is 6.54 Å². The van der Waals surface area contributed by atoms with Gasteiger partial charge in [0.15, 0.2) is 0 Å². The second-order valence-corrected chi connectivity index (χ2v) is 12.1. The van der Waals surface area contributed by atoms with Gasteiger partial charge in [0.25, 0.3) is 10.0 Å². The molecule has 3 aromatic carbocycles. The number of hydrogen-bond donors (Lipinski definition) is 1. The van der Waals surface area contributed by atoms with E-state index in [0.717, 1.165) is 29.2 Å². The van der Waals surface area contributed by atoms with Crippen LogP contribution >= 0.6 is 23.4 Å². The molecule has 0 aliphatic rings. The number of hydrogen-bond acceptors (Lipinski definition) is 4. The average molecular weight is 585 g/mol. The number of carbonyl (C=O) groups is 1. The highest BCUT2D eigenvalue weighted by Crippen LogP contribution is 2.38. The van der Waals surface area contributed by atoms with Crippen molar-refractivity contribution in [3.63, 3.8) is 0 Å². The maximum Gasteiger partial charge on any atom is 0.417 e. The van der Waals surface area contributed by atoms with Crippen LogP contribution in [0.1, 0.15) is 28.7 Å². The molecule has 38 heavy (non-hydrogen) atoms. The molecule has 0 aromatic heterocycles. The van der Waals surface area contributed by atoms with Crippen molar-refractivity contribution < 1.29 is 26.4 Å². The molecule has 1 N–H and O–H groups in total. The van der Waals surface area contributed by atoms with Gasteiger partial charge in [-0.05, 0) is 61.9 Å². The fraction of sp³-hybridized carbons (Fsp3) is 0.296. The van der Waals surface area contributed by atoms with E-state index in [1.807, 2.05) is 25.1 Å². The normalized spacial score (nSPS) is 11.8. The largest absolute Gasteiger partial charge is 0.417 e. The molecular weight excluding hydrogens is 557 g/mol. The Labute approximate surface area is 230 Å². The number of carbonyl (C=O) groups excluding carboxylic acids is 1. The molecule has 0 saturated carbocycles. The average Bonchev–Trinajstić information content (AvgIpc) is 2.84. The lowest BCUT2D eigenvalue weighted by Crippen LogP contribution is -2.41. The third-order valence-electron chi connectivity index (χ3n) is 5.58. The Morgan fingerprint density at radius 1 is 1.00 bits per heavy atom. The van der Waals surface area contributed by atoms with Gasteiger partial charge in [0.05, 0.1) is 21.2 Å². The predicted octanol–water partition coefficient (Wildman–Crippen LogP) is 6.61. The predicted molar refractivity (Wildman–Crippen MR) is 147 cm³/mol. The van der Waals surface area contributed by atoms with Crippen LogP contribution < -0.4 is 9.62 Å². The molecule has 0 atom stereocenters. The molecule has 0 unspecified atom stereocenters. The van der Waals surface area contributed by atoms with Crippen LogP contribution in [0.2, 0.25) is 5.02 Å². The van der Waals surface area contributed by atoms with Crippen molar-refractivity contribution in [2.75, 3.05) is 23.1 Å². The summed E-state index contributed by atoms with van der Waals surface area (Å²) in [6.45, 7) is 3.41. The summed E-state index contributed by atoms with van der Waals surface area (Å²) in [7, 11) is -4.36. The quantitative estimate of drug-likeness (QED) is 0.258. The van der Waals surface area contributed by atoms with Gasteiger partial charge in [0.2, 0.25) is 5.91 Å². The van der Waals surface area contributed by atoms with Crippen LogP contribution in [0, 0.1) is 13.8 Å². The van der Waals surface area contributed by atoms with E-state index < -0.39 is 39.2 Å². The highest BCUT2D eigenvalue weighted by molar-refractivity contribution is 7.98. The number of rotatable bonds is 11. The van der Waals surface area contributed by atoms with Gasteiger partial charge in [-0.2, -0.15) is 24.9 Å². The zero-order valence-corrected chi connectivity index (χ0v) is 23.3.